The molecule has 0 unspecified atom stereocenters. The Bertz CT molecular complexity index is 286. The number of carbonyl (C=O) groups excluding carboxylic acids is 1. The Morgan fingerprint density at radius 3 is 2.62 bits per heavy atom. The van der Waals surface area contributed by atoms with Gasteiger partial charge in [-0.05, 0) is 32.1 Å². The van der Waals surface area contributed by atoms with Crippen LogP contribution in [0.2, 0.25) is 0 Å². The van der Waals surface area contributed by atoms with Crippen LogP contribution in [0.4, 0.5) is 0 Å². The van der Waals surface area contributed by atoms with E-state index in [-0.39, 0.29) is 24.0 Å². The second kappa shape index (κ2) is 4.82. The summed E-state index contributed by atoms with van der Waals surface area (Å²) in [7, 11) is 0. The van der Waals surface area contributed by atoms with Gasteiger partial charge in [-0.15, -0.1) is 0 Å². The summed E-state index contributed by atoms with van der Waals surface area (Å²) < 4.78 is 5.27. The molecular weight excluding hydrogens is 210 g/mol. The first-order chi connectivity index (χ1) is 7.66. The second-order valence-electron chi connectivity index (χ2n) is 4.56. The smallest absolute Gasteiger partial charge is 0.306 e. The normalized spacial score (nSPS) is 33.9. The van der Waals surface area contributed by atoms with Gasteiger partial charge in [0.15, 0.2) is 0 Å². The first kappa shape index (κ1) is 11.4. The number of nitrogens with one attached hydrogen (secondary N) is 1. The Labute approximate surface area is 94.2 Å². The van der Waals surface area contributed by atoms with Crippen molar-refractivity contribution in [1.82, 2.24) is 5.32 Å². The lowest BCUT2D eigenvalue weighted by Gasteiger charge is -2.15. The highest BCUT2D eigenvalue weighted by atomic mass is 16.5. The molecule has 5 nitrogen and oxygen atoms in total. The van der Waals surface area contributed by atoms with Gasteiger partial charge in [-0.25, -0.2) is 0 Å². The molecule has 1 saturated carbocycles. The molecule has 0 aromatic rings. The van der Waals surface area contributed by atoms with E-state index in [2.05, 4.69) is 5.32 Å². The van der Waals surface area contributed by atoms with Crippen molar-refractivity contribution >= 4 is 11.9 Å². The van der Waals surface area contributed by atoms with Gasteiger partial charge in [0, 0.05) is 12.6 Å². The second-order valence-corrected chi connectivity index (χ2v) is 4.56. The summed E-state index contributed by atoms with van der Waals surface area (Å²) in [5.74, 6) is -1.13. The van der Waals surface area contributed by atoms with Crippen molar-refractivity contribution in [2.75, 3.05) is 6.61 Å². The maximum absolute atomic E-state index is 11.7. The quantitative estimate of drug-likeness (QED) is 0.737. The maximum atomic E-state index is 11.7. The van der Waals surface area contributed by atoms with Gasteiger partial charge in [-0.2, -0.15) is 0 Å². The Morgan fingerprint density at radius 2 is 2.06 bits per heavy atom. The number of hydrogen-bond acceptors (Lipinski definition) is 3. The third-order valence-electron chi connectivity index (χ3n) is 3.35. The number of rotatable bonds is 3. The van der Waals surface area contributed by atoms with Crippen molar-refractivity contribution in [2.24, 2.45) is 5.92 Å². The van der Waals surface area contributed by atoms with E-state index >= 15 is 0 Å². The molecule has 1 aliphatic carbocycles. The minimum Gasteiger partial charge on any atom is -0.481 e. The van der Waals surface area contributed by atoms with Gasteiger partial charge >= 0.3 is 5.97 Å². The lowest BCUT2D eigenvalue weighted by molar-refractivity contribution is -0.141. The van der Waals surface area contributed by atoms with Crippen molar-refractivity contribution in [2.45, 2.75) is 44.2 Å². The van der Waals surface area contributed by atoms with Crippen LogP contribution >= 0.6 is 0 Å². The molecule has 2 fully saturated rings. The number of ether oxygens (including phenoxy) is 1. The lowest BCUT2D eigenvalue weighted by atomic mass is 10.1. The molecule has 2 N–H and O–H groups in total. The standard InChI is InChI=1S/C11H17NO4/c13-10(9-2-1-5-16-9)12-8-4-3-7(6-8)11(14)15/h7-9H,1-6H2,(H,12,13)(H,14,15)/t7-,8+,9-/m1/s1. The molecule has 0 aromatic carbocycles. The van der Waals surface area contributed by atoms with Gasteiger partial charge < -0.3 is 15.2 Å². The lowest BCUT2D eigenvalue weighted by Crippen LogP contribution is -2.40. The van der Waals surface area contributed by atoms with E-state index in [0.717, 1.165) is 19.3 Å². The van der Waals surface area contributed by atoms with Crippen LogP contribution in [-0.2, 0) is 14.3 Å². The van der Waals surface area contributed by atoms with Gasteiger partial charge in [-0.1, -0.05) is 0 Å². The molecule has 5 heteroatoms. The van der Waals surface area contributed by atoms with Crippen LogP contribution in [0, 0.1) is 5.92 Å². The summed E-state index contributed by atoms with van der Waals surface area (Å²) in [4.78, 5) is 22.4. The topological polar surface area (TPSA) is 75.6 Å². The van der Waals surface area contributed by atoms with E-state index < -0.39 is 5.97 Å². The number of amides is 1. The number of carboxylic acids is 1. The average molecular weight is 227 g/mol. The van der Waals surface area contributed by atoms with E-state index in [1.807, 2.05) is 0 Å². The van der Waals surface area contributed by atoms with E-state index in [1.165, 1.54) is 0 Å². The van der Waals surface area contributed by atoms with E-state index in [9.17, 15) is 9.59 Å². The molecule has 1 aliphatic heterocycles. The fourth-order valence-electron chi connectivity index (χ4n) is 2.42. The Morgan fingerprint density at radius 1 is 1.25 bits per heavy atom. The molecular formula is C11H17NO4. The van der Waals surface area contributed by atoms with Crippen LogP contribution in [0.3, 0.4) is 0 Å². The zero-order valence-electron chi connectivity index (χ0n) is 9.15. The first-order valence-corrected chi connectivity index (χ1v) is 5.81. The molecule has 0 aromatic heterocycles. The van der Waals surface area contributed by atoms with Crippen LogP contribution in [0.15, 0.2) is 0 Å². The van der Waals surface area contributed by atoms with Gasteiger partial charge in [0.1, 0.15) is 6.10 Å². The molecule has 1 saturated heterocycles. The third-order valence-corrected chi connectivity index (χ3v) is 3.35. The Kier molecular flexibility index (Phi) is 3.43. The summed E-state index contributed by atoms with van der Waals surface area (Å²) in [5, 5.41) is 11.7. The molecule has 0 radical (unpaired) electrons. The predicted octanol–water partition coefficient (Wildman–Crippen LogP) is 0.535. The number of carboxylic acid groups (broad SMARTS) is 1. The van der Waals surface area contributed by atoms with E-state index in [1.54, 1.807) is 0 Å². The van der Waals surface area contributed by atoms with Crippen LogP contribution in [-0.4, -0.2) is 35.7 Å². The summed E-state index contributed by atoms with van der Waals surface area (Å²) in [6.45, 7) is 0.653. The van der Waals surface area contributed by atoms with Crippen molar-refractivity contribution in [1.29, 1.82) is 0 Å². The van der Waals surface area contributed by atoms with Crippen LogP contribution in [0.25, 0.3) is 0 Å². The number of aliphatic carboxylic acids is 1. The van der Waals surface area contributed by atoms with Gasteiger partial charge in [0.05, 0.1) is 5.92 Å². The summed E-state index contributed by atoms with van der Waals surface area (Å²) in [6, 6.07) is 0.0119. The Balaban J connectivity index is 1.78. The SMILES string of the molecule is O=C(O)[C@@H]1CC[C@H](NC(=O)[C@H]2CCCO2)C1. The van der Waals surface area contributed by atoms with Crippen molar-refractivity contribution in [3.8, 4) is 0 Å². The monoisotopic (exact) mass is 227 g/mol. The molecule has 0 spiro atoms. The summed E-state index contributed by atoms with van der Waals surface area (Å²) in [6.07, 6.45) is 3.36. The minimum atomic E-state index is -0.756. The Hall–Kier alpha value is -1.10. The van der Waals surface area contributed by atoms with Crippen molar-refractivity contribution < 1.29 is 19.4 Å². The predicted molar refractivity (Wildman–Crippen MR) is 55.9 cm³/mol. The maximum Gasteiger partial charge on any atom is 0.306 e. The zero-order chi connectivity index (χ0) is 11.5. The molecule has 16 heavy (non-hydrogen) atoms. The van der Waals surface area contributed by atoms with E-state index in [4.69, 9.17) is 9.84 Å². The molecule has 1 amide bonds. The number of hydrogen-bond donors (Lipinski definition) is 2. The summed E-state index contributed by atoms with van der Waals surface area (Å²) in [5.41, 5.74) is 0. The molecule has 1 heterocycles. The van der Waals surface area contributed by atoms with Gasteiger partial charge in [-0.3, -0.25) is 9.59 Å². The molecule has 2 rings (SSSR count). The third kappa shape index (κ3) is 2.52. The average Bonchev–Trinajstić information content (AvgIpc) is 2.87. The van der Waals surface area contributed by atoms with Gasteiger partial charge in [0.2, 0.25) is 5.91 Å². The molecule has 0 bridgehead atoms. The van der Waals surface area contributed by atoms with Crippen molar-refractivity contribution in [3.05, 3.63) is 0 Å². The fourth-order valence-corrected chi connectivity index (χ4v) is 2.42. The minimum absolute atomic E-state index is 0.0119. The number of carbonyl (C=O) groups is 2. The zero-order valence-corrected chi connectivity index (χ0v) is 9.15. The largest absolute Gasteiger partial charge is 0.481 e. The highest BCUT2D eigenvalue weighted by molar-refractivity contribution is 5.81. The highest BCUT2D eigenvalue weighted by Gasteiger charge is 2.32. The molecule has 90 valence electrons. The summed E-state index contributed by atoms with van der Waals surface area (Å²) >= 11 is 0. The van der Waals surface area contributed by atoms with Crippen LogP contribution in [0.1, 0.15) is 32.1 Å². The highest BCUT2D eigenvalue weighted by Crippen LogP contribution is 2.26. The first-order valence-electron chi connectivity index (χ1n) is 5.81. The van der Waals surface area contributed by atoms with Crippen molar-refractivity contribution in [3.63, 3.8) is 0 Å². The van der Waals surface area contributed by atoms with Crippen LogP contribution < -0.4 is 5.32 Å². The molecule has 3 atom stereocenters. The van der Waals surface area contributed by atoms with E-state index in [0.29, 0.717) is 19.4 Å². The molecule has 2 aliphatic rings. The fraction of sp³-hybridized carbons (Fsp3) is 0.818. The van der Waals surface area contributed by atoms with Gasteiger partial charge in [0.25, 0.3) is 0 Å². The van der Waals surface area contributed by atoms with Crippen LogP contribution in [0.5, 0.6) is 0 Å².